The Labute approximate surface area is 146 Å². The van der Waals surface area contributed by atoms with Gasteiger partial charge in [0.05, 0.1) is 6.54 Å². The van der Waals surface area contributed by atoms with E-state index in [0.29, 0.717) is 43.4 Å². The van der Waals surface area contributed by atoms with Crippen LogP contribution in [0.25, 0.3) is 0 Å². The van der Waals surface area contributed by atoms with Crippen LogP contribution < -0.4 is 19.5 Å². The molecule has 0 saturated carbocycles. The van der Waals surface area contributed by atoms with Crippen LogP contribution in [0.5, 0.6) is 17.2 Å². The van der Waals surface area contributed by atoms with Gasteiger partial charge < -0.3 is 29.3 Å². The molecule has 1 fully saturated rings. The van der Waals surface area contributed by atoms with Crippen molar-refractivity contribution in [2.75, 3.05) is 40.6 Å². The van der Waals surface area contributed by atoms with E-state index in [2.05, 4.69) is 5.32 Å². The first kappa shape index (κ1) is 17.2. The summed E-state index contributed by atoms with van der Waals surface area (Å²) in [7, 11) is 3.41. The van der Waals surface area contributed by atoms with Gasteiger partial charge >= 0.3 is 6.03 Å². The Hall–Kier alpha value is -2.64. The second-order valence-electron chi connectivity index (χ2n) is 6.18. The van der Waals surface area contributed by atoms with E-state index in [1.807, 2.05) is 0 Å². The molecule has 0 bridgehead atoms. The van der Waals surface area contributed by atoms with Crippen molar-refractivity contribution in [2.24, 2.45) is 0 Å². The van der Waals surface area contributed by atoms with E-state index in [-0.39, 0.29) is 24.8 Å². The number of amides is 3. The Bertz CT molecular complexity index is 649. The Morgan fingerprint density at radius 2 is 2.12 bits per heavy atom. The Morgan fingerprint density at radius 1 is 1.32 bits per heavy atom. The van der Waals surface area contributed by atoms with Crippen LogP contribution >= 0.6 is 0 Å². The van der Waals surface area contributed by atoms with Gasteiger partial charge in [-0.25, -0.2) is 4.79 Å². The highest BCUT2D eigenvalue weighted by molar-refractivity contribution is 5.87. The minimum atomic E-state index is -0.371. The minimum Gasteiger partial charge on any atom is -0.492 e. The number of rotatable bonds is 5. The zero-order chi connectivity index (χ0) is 17.8. The van der Waals surface area contributed by atoms with Crippen LogP contribution in [0, 0.1) is 0 Å². The van der Waals surface area contributed by atoms with Crippen molar-refractivity contribution in [1.82, 2.24) is 15.1 Å². The van der Waals surface area contributed by atoms with Crippen molar-refractivity contribution in [1.29, 1.82) is 0 Å². The minimum absolute atomic E-state index is 0.0377. The molecule has 8 nitrogen and oxygen atoms in total. The summed E-state index contributed by atoms with van der Waals surface area (Å²) in [6.07, 6.45) is 1.55. The second-order valence-corrected chi connectivity index (χ2v) is 6.18. The molecule has 0 spiro atoms. The van der Waals surface area contributed by atoms with Crippen LogP contribution in [-0.4, -0.2) is 68.4 Å². The number of likely N-dealkylation sites (tertiary alicyclic amines) is 1. The molecule has 0 aliphatic carbocycles. The number of likely N-dealkylation sites (N-methyl/N-ethyl adjacent to an activating group) is 1. The molecule has 2 heterocycles. The molecule has 1 atom stereocenters. The number of urea groups is 1. The van der Waals surface area contributed by atoms with Crippen LogP contribution in [0.3, 0.4) is 0 Å². The smallest absolute Gasteiger partial charge is 0.318 e. The van der Waals surface area contributed by atoms with Crippen LogP contribution in [0.1, 0.15) is 12.8 Å². The highest BCUT2D eigenvalue weighted by Gasteiger charge is 2.34. The number of carbonyl (C=O) groups is 2. The zero-order valence-electron chi connectivity index (χ0n) is 14.5. The van der Waals surface area contributed by atoms with Gasteiger partial charge in [0.1, 0.15) is 18.4 Å². The first-order chi connectivity index (χ1) is 12.1. The molecule has 3 rings (SSSR count). The van der Waals surface area contributed by atoms with Crippen molar-refractivity contribution >= 4 is 11.9 Å². The predicted molar refractivity (Wildman–Crippen MR) is 89.9 cm³/mol. The van der Waals surface area contributed by atoms with E-state index in [4.69, 9.17) is 14.2 Å². The molecule has 2 aliphatic heterocycles. The van der Waals surface area contributed by atoms with Gasteiger partial charge in [-0.3, -0.25) is 4.79 Å². The molecule has 2 aliphatic rings. The molecule has 3 amide bonds. The average Bonchev–Trinajstić information content (AvgIpc) is 3.26. The maximum absolute atomic E-state index is 12.3. The number of fused-ring (bicyclic) bond motifs is 1. The largest absolute Gasteiger partial charge is 0.492 e. The van der Waals surface area contributed by atoms with Gasteiger partial charge in [-0.15, -0.1) is 0 Å². The fraction of sp³-hybridized carbons (Fsp3) is 0.529. The first-order valence-corrected chi connectivity index (χ1v) is 8.34. The third-order valence-corrected chi connectivity index (χ3v) is 4.23. The van der Waals surface area contributed by atoms with Gasteiger partial charge in [-0.1, -0.05) is 0 Å². The number of hydrogen-bond donors (Lipinski definition) is 1. The fourth-order valence-corrected chi connectivity index (χ4v) is 2.96. The Kier molecular flexibility index (Phi) is 5.16. The molecule has 136 valence electrons. The molecule has 1 saturated heterocycles. The number of nitrogens with one attached hydrogen (secondary N) is 1. The normalized spacial score (nSPS) is 18.2. The monoisotopic (exact) mass is 349 g/mol. The average molecular weight is 349 g/mol. The highest BCUT2D eigenvalue weighted by Crippen LogP contribution is 2.34. The Balaban J connectivity index is 1.44. The molecule has 25 heavy (non-hydrogen) atoms. The van der Waals surface area contributed by atoms with Gasteiger partial charge in [-0.05, 0) is 25.0 Å². The lowest BCUT2D eigenvalue weighted by molar-refractivity contribution is -0.132. The van der Waals surface area contributed by atoms with Crippen molar-refractivity contribution in [3.05, 3.63) is 18.2 Å². The zero-order valence-corrected chi connectivity index (χ0v) is 14.5. The predicted octanol–water partition coefficient (Wildman–Crippen LogP) is 1.06. The summed E-state index contributed by atoms with van der Waals surface area (Å²) in [5.41, 5.74) is 0. The van der Waals surface area contributed by atoms with Crippen LogP contribution in [0.4, 0.5) is 4.79 Å². The van der Waals surface area contributed by atoms with Crippen LogP contribution in [-0.2, 0) is 4.79 Å². The van der Waals surface area contributed by atoms with Crippen molar-refractivity contribution in [3.8, 4) is 17.2 Å². The SMILES string of the molecule is CN(C)C(=O)[C@@H]1CCCN1C(=O)NCCOc1ccc2c(c1)OCO2. The molecule has 0 radical (unpaired) electrons. The van der Waals surface area contributed by atoms with Crippen molar-refractivity contribution < 1.29 is 23.8 Å². The maximum Gasteiger partial charge on any atom is 0.318 e. The third-order valence-electron chi connectivity index (χ3n) is 4.23. The summed E-state index contributed by atoms with van der Waals surface area (Å²) in [6, 6.07) is 4.74. The molecule has 1 aromatic rings. The number of nitrogens with zero attached hydrogens (tertiary/aromatic N) is 2. The summed E-state index contributed by atoms with van der Waals surface area (Å²) >= 11 is 0. The van der Waals surface area contributed by atoms with Gasteiger partial charge in [0.15, 0.2) is 11.5 Å². The van der Waals surface area contributed by atoms with E-state index in [1.165, 1.54) is 4.90 Å². The van der Waals surface area contributed by atoms with Crippen molar-refractivity contribution in [3.63, 3.8) is 0 Å². The summed E-state index contributed by atoms with van der Waals surface area (Å²) in [6.45, 7) is 1.49. The standard InChI is InChI=1S/C17H23N3O5/c1-19(2)16(21)13-4-3-8-20(13)17(22)18-7-9-23-12-5-6-14-15(10-12)25-11-24-14/h5-6,10,13H,3-4,7-9,11H2,1-2H3,(H,18,22)/t13-/m0/s1. The lowest BCUT2D eigenvalue weighted by atomic mass is 10.2. The number of benzene rings is 1. The van der Waals surface area contributed by atoms with E-state index in [0.717, 1.165) is 6.42 Å². The van der Waals surface area contributed by atoms with Crippen LogP contribution in [0.2, 0.25) is 0 Å². The molecule has 0 unspecified atom stereocenters. The molecular weight excluding hydrogens is 326 g/mol. The topological polar surface area (TPSA) is 80.3 Å². The van der Waals surface area contributed by atoms with E-state index in [1.54, 1.807) is 37.2 Å². The summed E-state index contributed by atoms with van der Waals surface area (Å²) in [5.74, 6) is 1.97. The van der Waals surface area contributed by atoms with Crippen LogP contribution in [0.15, 0.2) is 18.2 Å². The molecule has 0 aromatic heterocycles. The summed E-state index contributed by atoms with van der Waals surface area (Å²) in [5, 5.41) is 2.81. The number of hydrogen-bond acceptors (Lipinski definition) is 5. The number of carbonyl (C=O) groups excluding carboxylic acids is 2. The van der Waals surface area contributed by atoms with Gasteiger partial charge in [0.25, 0.3) is 0 Å². The van der Waals surface area contributed by atoms with Gasteiger partial charge in [0, 0.05) is 26.7 Å². The molecule has 1 aromatic carbocycles. The van der Waals surface area contributed by atoms with Gasteiger partial charge in [0.2, 0.25) is 12.7 Å². The number of ether oxygens (including phenoxy) is 3. The fourth-order valence-electron chi connectivity index (χ4n) is 2.96. The summed E-state index contributed by atoms with van der Waals surface area (Å²) < 4.78 is 16.1. The van der Waals surface area contributed by atoms with Gasteiger partial charge in [-0.2, -0.15) is 0 Å². The highest BCUT2D eigenvalue weighted by atomic mass is 16.7. The molecule has 1 N–H and O–H groups in total. The molecule has 8 heteroatoms. The summed E-state index contributed by atoms with van der Waals surface area (Å²) in [4.78, 5) is 27.6. The lowest BCUT2D eigenvalue weighted by Crippen LogP contribution is -2.49. The van der Waals surface area contributed by atoms with E-state index < -0.39 is 0 Å². The molecular formula is C17H23N3O5. The lowest BCUT2D eigenvalue weighted by Gasteiger charge is -2.26. The van der Waals surface area contributed by atoms with E-state index >= 15 is 0 Å². The quantitative estimate of drug-likeness (QED) is 0.804. The Morgan fingerprint density at radius 3 is 2.92 bits per heavy atom. The maximum atomic E-state index is 12.3. The first-order valence-electron chi connectivity index (χ1n) is 8.34. The van der Waals surface area contributed by atoms with E-state index in [9.17, 15) is 9.59 Å². The third kappa shape index (κ3) is 3.89. The second kappa shape index (κ2) is 7.50. The van der Waals surface area contributed by atoms with Crippen molar-refractivity contribution in [2.45, 2.75) is 18.9 Å².